The molecule has 176 valence electrons. The van der Waals surface area contributed by atoms with E-state index >= 15 is 0 Å². The molecule has 0 radical (unpaired) electrons. The second-order valence-electron chi connectivity index (χ2n) is 8.65. The van der Waals surface area contributed by atoms with Gasteiger partial charge in [-0.3, -0.25) is 9.78 Å². The van der Waals surface area contributed by atoms with Gasteiger partial charge in [0.1, 0.15) is 10.8 Å². The van der Waals surface area contributed by atoms with Crippen molar-refractivity contribution in [2.45, 2.75) is 13.1 Å². The van der Waals surface area contributed by atoms with Crippen LogP contribution in [0.5, 0.6) is 5.75 Å². The van der Waals surface area contributed by atoms with Crippen LogP contribution >= 0.6 is 11.3 Å². The summed E-state index contributed by atoms with van der Waals surface area (Å²) in [6.07, 6.45) is 1.79. The smallest absolute Gasteiger partial charge is 0.258 e. The van der Waals surface area contributed by atoms with Crippen LogP contribution in [0.3, 0.4) is 0 Å². The monoisotopic (exact) mass is 482 g/mol. The van der Waals surface area contributed by atoms with Crippen molar-refractivity contribution in [2.24, 2.45) is 0 Å². The minimum absolute atomic E-state index is 0.0536. The Balaban J connectivity index is 1.26. The SMILES string of the molecule is CN(C)Cc1cc(-c2nc3ccccc3s2)ccc1OCC(=O)NCc1cnc2ccccc2c1. The average molecular weight is 483 g/mol. The number of benzene rings is 3. The lowest BCUT2D eigenvalue weighted by molar-refractivity contribution is -0.123. The van der Waals surface area contributed by atoms with E-state index in [2.05, 4.69) is 27.3 Å². The number of nitrogens with one attached hydrogen (secondary N) is 1. The van der Waals surface area contributed by atoms with Gasteiger partial charge < -0.3 is 15.0 Å². The zero-order valence-corrected chi connectivity index (χ0v) is 20.5. The fraction of sp³-hybridized carbons (Fsp3) is 0.179. The summed E-state index contributed by atoms with van der Waals surface area (Å²) in [5.41, 5.74) is 4.95. The van der Waals surface area contributed by atoms with Crippen molar-refractivity contribution in [3.05, 3.63) is 90.1 Å². The second kappa shape index (κ2) is 10.2. The van der Waals surface area contributed by atoms with E-state index in [-0.39, 0.29) is 12.5 Å². The Hall–Kier alpha value is -3.81. The molecular formula is C28H26N4O2S. The molecule has 0 spiro atoms. The van der Waals surface area contributed by atoms with Crippen molar-refractivity contribution < 1.29 is 9.53 Å². The molecule has 7 heteroatoms. The molecular weight excluding hydrogens is 456 g/mol. The number of nitrogens with zero attached hydrogens (tertiary/aromatic N) is 3. The first-order valence-electron chi connectivity index (χ1n) is 11.4. The maximum absolute atomic E-state index is 12.5. The molecule has 0 atom stereocenters. The van der Waals surface area contributed by atoms with E-state index in [0.29, 0.717) is 18.8 Å². The number of pyridine rings is 1. The molecule has 2 heterocycles. The Kier molecular flexibility index (Phi) is 6.70. The fourth-order valence-corrected chi connectivity index (χ4v) is 4.88. The standard InChI is InChI=1S/C28H26N4O2S/c1-32(2)17-22-14-21(28-31-24-9-5-6-10-26(24)35-28)11-12-25(22)34-18-27(33)30-16-19-13-20-7-3-4-8-23(20)29-15-19/h3-15H,16-18H2,1-2H3,(H,30,33). The minimum atomic E-state index is -0.177. The molecule has 0 fully saturated rings. The summed E-state index contributed by atoms with van der Waals surface area (Å²) in [5, 5.41) is 4.95. The number of carbonyl (C=O) groups excluding carboxylic acids is 1. The van der Waals surface area contributed by atoms with Crippen LogP contribution in [-0.2, 0) is 17.9 Å². The Labute approximate surface area is 208 Å². The number of thiazole rings is 1. The molecule has 35 heavy (non-hydrogen) atoms. The predicted molar refractivity (Wildman–Crippen MR) is 142 cm³/mol. The summed E-state index contributed by atoms with van der Waals surface area (Å²) in [4.78, 5) is 23.8. The lowest BCUT2D eigenvalue weighted by atomic mass is 10.1. The molecule has 0 aliphatic carbocycles. The summed E-state index contributed by atoms with van der Waals surface area (Å²) in [6, 6.07) is 24.2. The molecule has 0 saturated heterocycles. The summed E-state index contributed by atoms with van der Waals surface area (Å²) < 4.78 is 7.10. The van der Waals surface area contributed by atoms with Crippen molar-refractivity contribution in [1.82, 2.24) is 20.2 Å². The van der Waals surface area contributed by atoms with Gasteiger partial charge in [-0.2, -0.15) is 0 Å². The quantitative estimate of drug-likeness (QED) is 0.326. The topological polar surface area (TPSA) is 67.4 Å². The number of hydrogen-bond donors (Lipinski definition) is 1. The predicted octanol–water partition coefficient (Wildman–Crippen LogP) is 5.27. The van der Waals surface area contributed by atoms with Gasteiger partial charge in [-0.1, -0.05) is 30.3 Å². The third-order valence-electron chi connectivity index (χ3n) is 5.58. The maximum Gasteiger partial charge on any atom is 0.258 e. The summed E-state index contributed by atoms with van der Waals surface area (Å²) in [5.74, 6) is 0.523. The Morgan fingerprint density at radius 3 is 2.63 bits per heavy atom. The van der Waals surface area contributed by atoms with Crippen LogP contribution in [0.4, 0.5) is 0 Å². The lowest BCUT2D eigenvalue weighted by Gasteiger charge is -2.16. The van der Waals surface area contributed by atoms with Crippen LogP contribution in [0.1, 0.15) is 11.1 Å². The van der Waals surface area contributed by atoms with Gasteiger partial charge in [-0.15, -0.1) is 11.3 Å². The van der Waals surface area contributed by atoms with Crippen molar-refractivity contribution in [3.63, 3.8) is 0 Å². The summed E-state index contributed by atoms with van der Waals surface area (Å²) in [6.45, 7) is 1.04. The van der Waals surface area contributed by atoms with Crippen LogP contribution in [-0.4, -0.2) is 41.5 Å². The number of aromatic nitrogens is 2. The minimum Gasteiger partial charge on any atom is -0.483 e. The van der Waals surface area contributed by atoms with Crippen LogP contribution in [0.2, 0.25) is 0 Å². The summed E-state index contributed by atoms with van der Waals surface area (Å²) in [7, 11) is 4.02. The molecule has 1 N–H and O–H groups in total. The van der Waals surface area contributed by atoms with Gasteiger partial charge in [0, 0.05) is 35.8 Å². The number of rotatable bonds is 8. The van der Waals surface area contributed by atoms with Crippen molar-refractivity contribution >= 4 is 38.4 Å². The van der Waals surface area contributed by atoms with Gasteiger partial charge in [-0.25, -0.2) is 4.98 Å². The molecule has 1 amide bonds. The first kappa shape index (κ1) is 23.0. The second-order valence-corrected chi connectivity index (χ2v) is 9.68. The lowest BCUT2D eigenvalue weighted by Crippen LogP contribution is -2.28. The van der Waals surface area contributed by atoms with E-state index in [4.69, 9.17) is 9.72 Å². The molecule has 0 aliphatic heterocycles. The van der Waals surface area contributed by atoms with E-state index in [9.17, 15) is 4.79 Å². The molecule has 0 saturated carbocycles. The van der Waals surface area contributed by atoms with E-state index < -0.39 is 0 Å². The van der Waals surface area contributed by atoms with E-state index in [0.717, 1.165) is 42.8 Å². The van der Waals surface area contributed by atoms with Gasteiger partial charge in [0.15, 0.2) is 6.61 Å². The Morgan fingerprint density at radius 1 is 1.00 bits per heavy atom. The number of amides is 1. The first-order valence-corrected chi connectivity index (χ1v) is 12.2. The van der Waals surface area contributed by atoms with Crippen molar-refractivity contribution in [1.29, 1.82) is 0 Å². The normalized spacial score (nSPS) is 11.3. The third kappa shape index (κ3) is 5.48. The number of fused-ring (bicyclic) bond motifs is 2. The van der Waals surface area contributed by atoms with Gasteiger partial charge in [-0.05, 0) is 62.1 Å². The Morgan fingerprint density at radius 2 is 1.80 bits per heavy atom. The number of carbonyl (C=O) groups is 1. The molecule has 5 rings (SSSR count). The first-order chi connectivity index (χ1) is 17.0. The van der Waals surface area contributed by atoms with Crippen LogP contribution in [0.15, 0.2) is 79.0 Å². The largest absolute Gasteiger partial charge is 0.483 e. The molecule has 2 aromatic heterocycles. The fourth-order valence-electron chi connectivity index (χ4n) is 3.92. The maximum atomic E-state index is 12.5. The highest BCUT2D eigenvalue weighted by Gasteiger charge is 2.13. The zero-order chi connectivity index (χ0) is 24.2. The average Bonchev–Trinajstić information content (AvgIpc) is 3.30. The Bertz CT molecular complexity index is 1460. The number of hydrogen-bond acceptors (Lipinski definition) is 6. The molecule has 0 bridgehead atoms. The molecule has 0 unspecified atom stereocenters. The molecule has 0 aliphatic rings. The number of ether oxygens (including phenoxy) is 1. The van der Waals surface area contributed by atoms with Crippen LogP contribution in [0.25, 0.3) is 31.7 Å². The zero-order valence-electron chi connectivity index (χ0n) is 19.7. The van der Waals surface area contributed by atoms with Crippen molar-refractivity contribution in [3.8, 4) is 16.3 Å². The summed E-state index contributed by atoms with van der Waals surface area (Å²) >= 11 is 1.67. The molecule has 6 nitrogen and oxygen atoms in total. The van der Waals surface area contributed by atoms with Gasteiger partial charge in [0.2, 0.25) is 0 Å². The highest BCUT2D eigenvalue weighted by molar-refractivity contribution is 7.21. The van der Waals surface area contributed by atoms with Gasteiger partial charge in [0.25, 0.3) is 5.91 Å². The van der Waals surface area contributed by atoms with E-state index in [1.165, 1.54) is 0 Å². The van der Waals surface area contributed by atoms with Gasteiger partial charge in [0.05, 0.1) is 15.7 Å². The van der Waals surface area contributed by atoms with E-state index in [1.54, 1.807) is 17.5 Å². The highest BCUT2D eigenvalue weighted by Crippen LogP contribution is 2.33. The third-order valence-corrected chi connectivity index (χ3v) is 6.67. The van der Waals surface area contributed by atoms with Gasteiger partial charge >= 0.3 is 0 Å². The highest BCUT2D eigenvalue weighted by atomic mass is 32.1. The van der Waals surface area contributed by atoms with Crippen LogP contribution < -0.4 is 10.1 Å². The molecule has 3 aromatic carbocycles. The van der Waals surface area contributed by atoms with Crippen molar-refractivity contribution in [2.75, 3.05) is 20.7 Å². The van der Waals surface area contributed by atoms with Crippen LogP contribution in [0, 0.1) is 0 Å². The van der Waals surface area contributed by atoms with E-state index in [1.807, 2.05) is 74.8 Å². The number of para-hydroxylation sites is 2. The molecule has 5 aromatic rings.